The van der Waals surface area contributed by atoms with E-state index in [-0.39, 0.29) is 5.82 Å². The van der Waals surface area contributed by atoms with Crippen LogP contribution in [0.15, 0.2) is 60.7 Å². The lowest BCUT2D eigenvalue weighted by Crippen LogP contribution is -2.16. The first-order valence-corrected chi connectivity index (χ1v) is 9.03. The summed E-state index contributed by atoms with van der Waals surface area (Å²) in [5, 5.41) is 10.0. The predicted molar refractivity (Wildman–Crippen MR) is 107 cm³/mol. The van der Waals surface area contributed by atoms with Gasteiger partial charge < -0.3 is 10.1 Å². The van der Waals surface area contributed by atoms with Crippen molar-refractivity contribution in [2.75, 3.05) is 11.9 Å². The SMILES string of the molecule is CCOc1cccc(-c2ccc3c(NC(=O)c4c(F)cccc4F)n[nH]c3c2)c1. The minimum atomic E-state index is -0.932. The van der Waals surface area contributed by atoms with Crippen molar-refractivity contribution < 1.29 is 18.3 Å². The summed E-state index contributed by atoms with van der Waals surface area (Å²) in [7, 11) is 0. The predicted octanol–water partition coefficient (Wildman–Crippen LogP) is 5.16. The van der Waals surface area contributed by atoms with Crippen LogP contribution in [-0.4, -0.2) is 22.7 Å². The van der Waals surface area contributed by atoms with E-state index in [2.05, 4.69) is 15.5 Å². The van der Waals surface area contributed by atoms with E-state index in [1.54, 1.807) is 6.07 Å². The van der Waals surface area contributed by atoms with Gasteiger partial charge in [-0.25, -0.2) is 8.78 Å². The Morgan fingerprint density at radius 2 is 1.76 bits per heavy atom. The van der Waals surface area contributed by atoms with Crippen LogP contribution in [0, 0.1) is 11.6 Å². The van der Waals surface area contributed by atoms with Gasteiger partial charge in [-0.2, -0.15) is 5.10 Å². The maximum Gasteiger partial charge on any atom is 0.262 e. The molecule has 5 nitrogen and oxygen atoms in total. The molecule has 1 aromatic heterocycles. The van der Waals surface area contributed by atoms with E-state index >= 15 is 0 Å². The van der Waals surface area contributed by atoms with Gasteiger partial charge in [0.05, 0.1) is 12.1 Å². The number of fused-ring (bicyclic) bond motifs is 1. The lowest BCUT2D eigenvalue weighted by atomic mass is 10.0. The number of carbonyl (C=O) groups excluding carboxylic acids is 1. The number of nitrogens with one attached hydrogen (secondary N) is 2. The molecule has 0 spiro atoms. The summed E-state index contributed by atoms with van der Waals surface area (Å²) in [5.41, 5.74) is 1.92. The van der Waals surface area contributed by atoms with E-state index in [4.69, 9.17) is 4.74 Å². The topological polar surface area (TPSA) is 67.0 Å². The summed E-state index contributed by atoms with van der Waals surface area (Å²) < 4.78 is 33.2. The third-order valence-electron chi connectivity index (χ3n) is 4.46. The Kier molecular flexibility index (Phi) is 4.95. The Hall–Kier alpha value is -3.74. The highest BCUT2D eigenvalue weighted by atomic mass is 19.1. The Labute approximate surface area is 165 Å². The van der Waals surface area contributed by atoms with E-state index in [9.17, 15) is 13.6 Å². The van der Waals surface area contributed by atoms with E-state index in [0.29, 0.717) is 17.5 Å². The molecule has 0 unspecified atom stereocenters. The fourth-order valence-corrected chi connectivity index (χ4v) is 3.11. The van der Waals surface area contributed by atoms with E-state index < -0.39 is 23.1 Å². The molecule has 0 fully saturated rings. The van der Waals surface area contributed by atoms with Gasteiger partial charge in [0.1, 0.15) is 22.9 Å². The Bertz CT molecular complexity index is 1180. The van der Waals surface area contributed by atoms with Gasteiger partial charge in [0, 0.05) is 5.39 Å². The largest absolute Gasteiger partial charge is 0.494 e. The minimum absolute atomic E-state index is 0.197. The van der Waals surface area contributed by atoms with Crippen molar-refractivity contribution in [1.29, 1.82) is 0 Å². The monoisotopic (exact) mass is 393 g/mol. The lowest BCUT2D eigenvalue weighted by molar-refractivity contribution is 0.101. The first-order valence-electron chi connectivity index (χ1n) is 9.03. The molecule has 0 bridgehead atoms. The molecule has 0 aliphatic rings. The summed E-state index contributed by atoms with van der Waals surface area (Å²) in [6.07, 6.45) is 0. The number of amides is 1. The first kappa shape index (κ1) is 18.6. The second-order valence-electron chi connectivity index (χ2n) is 6.34. The van der Waals surface area contributed by atoms with Crippen LogP contribution in [0.4, 0.5) is 14.6 Å². The molecule has 4 rings (SSSR count). The van der Waals surface area contributed by atoms with Crippen molar-refractivity contribution >= 4 is 22.6 Å². The van der Waals surface area contributed by atoms with Crippen molar-refractivity contribution in [2.24, 2.45) is 0 Å². The third-order valence-corrected chi connectivity index (χ3v) is 4.46. The van der Waals surface area contributed by atoms with Crippen molar-refractivity contribution in [3.05, 3.63) is 77.9 Å². The van der Waals surface area contributed by atoms with Gasteiger partial charge in [0.2, 0.25) is 0 Å². The van der Waals surface area contributed by atoms with Gasteiger partial charge in [0.15, 0.2) is 5.82 Å². The number of hydrogen-bond acceptors (Lipinski definition) is 3. The number of H-pyrrole nitrogens is 1. The Morgan fingerprint density at radius 3 is 2.52 bits per heavy atom. The van der Waals surface area contributed by atoms with Crippen LogP contribution in [0.2, 0.25) is 0 Å². The molecule has 29 heavy (non-hydrogen) atoms. The number of nitrogens with zero attached hydrogens (tertiary/aromatic N) is 1. The lowest BCUT2D eigenvalue weighted by Gasteiger charge is -2.07. The number of carbonyl (C=O) groups is 1. The molecule has 0 aliphatic heterocycles. The van der Waals surface area contributed by atoms with Crippen molar-refractivity contribution in [2.45, 2.75) is 6.92 Å². The van der Waals surface area contributed by atoms with Crippen LogP contribution >= 0.6 is 0 Å². The van der Waals surface area contributed by atoms with Crippen molar-refractivity contribution in [3.8, 4) is 16.9 Å². The zero-order valence-electron chi connectivity index (χ0n) is 15.5. The number of hydrogen-bond donors (Lipinski definition) is 2. The van der Waals surface area contributed by atoms with Crippen LogP contribution in [-0.2, 0) is 0 Å². The molecule has 146 valence electrons. The number of benzene rings is 3. The average Bonchev–Trinajstić information content (AvgIpc) is 3.10. The van der Waals surface area contributed by atoms with Gasteiger partial charge in [-0.1, -0.05) is 24.3 Å². The van der Waals surface area contributed by atoms with Crippen LogP contribution < -0.4 is 10.1 Å². The quantitative estimate of drug-likeness (QED) is 0.492. The standard InChI is InChI=1S/C22H17F2N3O2/c1-2-29-15-6-3-5-13(11-15)14-9-10-16-19(12-14)26-27-21(16)25-22(28)20-17(23)7-4-8-18(20)24/h3-12H,2H2,1H3,(H2,25,26,27,28). The van der Waals surface area contributed by atoms with Gasteiger partial charge in [-0.05, 0) is 54.4 Å². The number of rotatable bonds is 5. The maximum absolute atomic E-state index is 13.8. The number of anilines is 1. The smallest absolute Gasteiger partial charge is 0.262 e. The highest BCUT2D eigenvalue weighted by Crippen LogP contribution is 2.29. The highest BCUT2D eigenvalue weighted by molar-refractivity contribution is 6.08. The third kappa shape index (κ3) is 3.67. The fourth-order valence-electron chi connectivity index (χ4n) is 3.11. The van der Waals surface area contributed by atoms with Crippen LogP contribution in [0.3, 0.4) is 0 Å². The molecule has 0 saturated carbocycles. The summed E-state index contributed by atoms with van der Waals surface area (Å²) >= 11 is 0. The number of aromatic amines is 1. The van der Waals surface area contributed by atoms with Crippen LogP contribution in [0.5, 0.6) is 5.75 Å². The molecule has 3 aromatic carbocycles. The molecule has 0 radical (unpaired) electrons. The summed E-state index contributed by atoms with van der Waals surface area (Å²) in [4.78, 5) is 12.3. The molecule has 0 aliphatic carbocycles. The maximum atomic E-state index is 13.8. The molecule has 7 heteroatoms. The summed E-state index contributed by atoms with van der Waals surface area (Å²) in [5.74, 6) is -1.79. The number of aromatic nitrogens is 2. The minimum Gasteiger partial charge on any atom is -0.494 e. The molecule has 0 saturated heterocycles. The highest BCUT2D eigenvalue weighted by Gasteiger charge is 2.19. The average molecular weight is 393 g/mol. The molecular formula is C22H17F2N3O2. The normalized spacial score (nSPS) is 10.9. The zero-order valence-corrected chi connectivity index (χ0v) is 15.5. The van der Waals surface area contributed by atoms with Gasteiger partial charge in [-0.15, -0.1) is 0 Å². The Balaban J connectivity index is 1.64. The van der Waals surface area contributed by atoms with E-state index in [1.807, 2.05) is 43.3 Å². The van der Waals surface area contributed by atoms with E-state index in [0.717, 1.165) is 29.0 Å². The fraction of sp³-hybridized carbons (Fsp3) is 0.0909. The molecule has 2 N–H and O–H groups in total. The van der Waals surface area contributed by atoms with Gasteiger partial charge >= 0.3 is 0 Å². The first-order chi connectivity index (χ1) is 14.1. The number of halogens is 2. The number of ether oxygens (including phenoxy) is 1. The van der Waals surface area contributed by atoms with Crippen LogP contribution in [0.1, 0.15) is 17.3 Å². The Morgan fingerprint density at radius 1 is 1.03 bits per heavy atom. The molecule has 0 atom stereocenters. The molecule has 1 amide bonds. The van der Waals surface area contributed by atoms with Crippen LogP contribution in [0.25, 0.3) is 22.0 Å². The molecular weight excluding hydrogens is 376 g/mol. The summed E-state index contributed by atoms with van der Waals surface area (Å²) in [6.45, 7) is 2.50. The second-order valence-corrected chi connectivity index (χ2v) is 6.34. The van der Waals surface area contributed by atoms with Gasteiger partial charge in [0.25, 0.3) is 5.91 Å². The van der Waals surface area contributed by atoms with Crippen molar-refractivity contribution in [3.63, 3.8) is 0 Å². The summed E-state index contributed by atoms with van der Waals surface area (Å²) in [6, 6.07) is 16.5. The molecule has 1 heterocycles. The van der Waals surface area contributed by atoms with E-state index in [1.165, 1.54) is 6.07 Å². The van der Waals surface area contributed by atoms with Crippen molar-refractivity contribution in [1.82, 2.24) is 10.2 Å². The van der Waals surface area contributed by atoms with Gasteiger partial charge in [-0.3, -0.25) is 9.89 Å². The second kappa shape index (κ2) is 7.71. The zero-order chi connectivity index (χ0) is 20.4. The molecule has 4 aromatic rings.